The maximum absolute atomic E-state index is 12.4. The second-order valence-corrected chi connectivity index (χ2v) is 5.17. The lowest BCUT2D eigenvalue weighted by atomic mass is 9.98. The van der Waals surface area contributed by atoms with E-state index in [-0.39, 0.29) is 5.91 Å². The molecule has 0 aliphatic carbocycles. The normalized spacial score (nSPS) is 11.8. The summed E-state index contributed by atoms with van der Waals surface area (Å²) in [5, 5.41) is 2.88. The fourth-order valence-corrected chi connectivity index (χ4v) is 2.14. The molecule has 0 fully saturated rings. The predicted molar refractivity (Wildman–Crippen MR) is 88.5 cm³/mol. The van der Waals surface area contributed by atoms with Gasteiger partial charge in [-0.1, -0.05) is 26.0 Å². The highest BCUT2D eigenvalue weighted by molar-refractivity contribution is 6.05. The molecule has 0 aliphatic heterocycles. The minimum Gasteiger partial charge on any atom is -0.477 e. The van der Waals surface area contributed by atoms with Crippen molar-refractivity contribution in [1.82, 2.24) is 4.98 Å². The van der Waals surface area contributed by atoms with Gasteiger partial charge >= 0.3 is 0 Å². The Morgan fingerprint density at radius 1 is 1.23 bits per heavy atom. The van der Waals surface area contributed by atoms with Crippen LogP contribution in [0.2, 0.25) is 0 Å². The summed E-state index contributed by atoms with van der Waals surface area (Å²) in [6, 6.07) is 11.4. The van der Waals surface area contributed by atoms with E-state index >= 15 is 0 Å². The number of anilines is 1. The van der Waals surface area contributed by atoms with Gasteiger partial charge in [-0.15, -0.1) is 0 Å². The molecule has 2 aromatic rings. The van der Waals surface area contributed by atoms with E-state index < -0.39 is 0 Å². The van der Waals surface area contributed by atoms with Gasteiger partial charge in [0, 0.05) is 11.9 Å². The van der Waals surface area contributed by atoms with Gasteiger partial charge in [0.15, 0.2) is 0 Å². The number of aromatic nitrogens is 1. The first-order valence-electron chi connectivity index (χ1n) is 7.64. The van der Waals surface area contributed by atoms with Gasteiger partial charge in [-0.25, -0.2) is 4.98 Å². The number of hydrogen-bond acceptors (Lipinski definition) is 3. The molecule has 1 atom stereocenters. The van der Waals surface area contributed by atoms with E-state index in [4.69, 9.17) is 4.74 Å². The third-order valence-corrected chi connectivity index (χ3v) is 3.65. The van der Waals surface area contributed by atoms with Gasteiger partial charge < -0.3 is 10.1 Å². The van der Waals surface area contributed by atoms with Crippen molar-refractivity contribution < 1.29 is 9.53 Å². The van der Waals surface area contributed by atoms with E-state index in [1.54, 1.807) is 18.3 Å². The first kappa shape index (κ1) is 16.0. The van der Waals surface area contributed by atoms with E-state index in [9.17, 15) is 4.79 Å². The van der Waals surface area contributed by atoms with Crippen LogP contribution in [0.25, 0.3) is 0 Å². The first-order valence-corrected chi connectivity index (χ1v) is 7.64. The summed E-state index contributed by atoms with van der Waals surface area (Å²) in [4.78, 5) is 16.5. The summed E-state index contributed by atoms with van der Waals surface area (Å²) in [7, 11) is 0. The van der Waals surface area contributed by atoms with Gasteiger partial charge in [-0.2, -0.15) is 0 Å². The van der Waals surface area contributed by atoms with Gasteiger partial charge in [0.05, 0.1) is 6.61 Å². The van der Waals surface area contributed by atoms with Crippen LogP contribution in [0.5, 0.6) is 5.88 Å². The number of carbonyl (C=O) groups is 1. The van der Waals surface area contributed by atoms with Crippen molar-refractivity contribution in [2.75, 3.05) is 11.9 Å². The average molecular weight is 298 g/mol. The number of carbonyl (C=O) groups excluding carboxylic acids is 1. The molecule has 0 aliphatic rings. The highest BCUT2D eigenvalue weighted by Crippen LogP contribution is 2.21. The van der Waals surface area contributed by atoms with Crippen LogP contribution in [-0.2, 0) is 0 Å². The van der Waals surface area contributed by atoms with E-state index in [1.807, 2.05) is 19.1 Å². The molecule has 0 radical (unpaired) electrons. The standard InChI is InChI=1S/C18H22N2O2/c1-4-13(3)14-8-10-15(11-9-14)20-17(21)16-7-6-12-19-18(16)22-5-2/h6-13H,4-5H2,1-3H3,(H,20,21). The van der Waals surface area contributed by atoms with Crippen molar-refractivity contribution in [1.29, 1.82) is 0 Å². The fourth-order valence-electron chi connectivity index (χ4n) is 2.14. The van der Waals surface area contributed by atoms with Crippen LogP contribution in [0, 0.1) is 0 Å². The van der Waals surface area contributed by atoms with Gasteiger partial charge in [0.1, 0.15) is 5.56 Å². The second-order valence-electron chi connectivity index (χ2n) is 5.17. The Balaban J connectivity index is 2.12. The third-order valence-electron chi connectivity index (χ3n) is 3.65. The molecule has 1 amide bonds. The predicted octanol–water partition coefficient (Wildman–Crippen LogP) is 4.25. The summed E-state index contributed by atoms with van der Waals surface area (Å²) in [5.74, 6) is 0.666. The Labute approximate surface area is 131 Å². The zero-order valence-corrected chi connectivity index (χ0v) is 13.3. The molecule has 2 rings (SSSR count). The second kappa shape index (κ2) is 7.59. The molecular weight excluding hydrogens is 276 g/mol. The van der Waals surface area contributed by atoms with Crippen molar-refractivity contribution in [3.05, 3.63) is 53.7 Å². The van der Waals surface area contributed by atoms with Crippen molar-refractivity contribution in [2.45, 2.75) is 33.1 Å². The Morgan fingerprint density at radius 3 is 2.59 bits per heavy atom. The van der Waals surface area contributed by atoms with Crippen LogP contribution >= 0.6 is 0 Å². The van der Waals surface area contributed by atoms with Gasteiger partial charge in [0.25, 0.3) is 5.91 Å². The quantitative estimate of drug-likeness (QED) is 0.867. The number of nitrogens with zero attached hydrogens (tertiary/aromatic N) is 1. The number of nitrogens with one attached hydrogen (secondary N) is 1. The largest absolute Gasteiger partial charge is 0.477 e. The van der Waals surface area contributed by atoms with Crippen molar-refractivity contribution in [3.63, 3.8) is 0 Å². The third kappa shape index (κ3) is 3.85. The minimum atomic E-state index is -0.215. The average Bonchev–Trinajstić information content (AvgIpc) is 2.55. The zero-order valence-electron chi connectivity index (χ0n) is 13.3. The summed E-state index contributed by atoms with van der Waals surface area (Å²) in [5.41, 5.74) is 2.48. The van der Waals surface area contributed by atoms with Crippen molar-refractivity contribution in [3.8, 4) is 5.88 Å². The lowest BCUT2D eigenvalue weighted by Crippen LogP contribution is -2.14. The Morgan fingerprint density at radius 2 is 1.95 bits per heavy atom. The number of rotatable bonds is 6. The monoisotopic (exact) mass is 298 g/mol. The molecule has 1 unspecified atom stereocenters. The first-order chi connectivity index (χ1) is 10.7. The highest BCUT2D eigenvalue weighted by atomic mass is 16.5. The lowest BCUT2D eigenvalue weighted by Gasteiger charge is -2.11. The Hall–Kier alpha value is -2.36. The molecule has 0 saturated carbocycles. The maximum Gasteiger partial charge on any atom is 0.261 e. The van der Waals surface area contributed by atoms with Gasteiger partial charge in [0.2, 0.25) is 5.88 Å². The number of hydrogen-bond donors (Lipinski definition) is 1. The summed E-state index contributed by atoms with van der Waals surface area (Å²) in [6.45, 7) is 6.69. The van der Waals surface area contributed by atoms with E-state index in [0.29, 0.717) is 24.0 Å². The summed E-state index contributed by atoms with van der Waals surface area (Å²) in [6.07, 6.45) is 2.71. The molecule has 1 aromatic heterocycles. The Kier molecular flexibility index (Phi) is 5.53. The molecule has 22 heavy (non-hydrogen) atoms. The van der Waals surface area contributed by atoms with Gasteiger partial charge in [-0.05, 0) is 49.1 Å². The molecule has 1 heterocycles. The van der Waals surface area contributed by atoms with Gasteiger partial charge in [-0.3, -0.25) is 4.79 Å². The molecule has 4 nitrogen and oxygen atoms in total. The Bertz CT molecular complexity index is 623. The van der Waals surface area contributed by atoms with E-state index in [1.165, 1.54) is 5.56 Å². The lowest BCUT2D eigenvalue weighted by molar-refractivity contribution is 0.102. The highest BCUT2D eigenvalue weighted by Gasteiger charge is 2.13. The van der Waals surface area contributed by atoms with Crippen LogP contribution in [-0.4, -0.2) is 17.5 Å². The number of pyridine rings is 1. The molecule has 4 heteroatoms. The summed E-state index contributed by atoms with van der Waals surface area (Å²) < 4.78 is 5.39. The zero-order chi connectivity index (χ0) is 15.9. The van der Waals surface area contributed by atoms with Crippen LogP contribution in [0.15, 0.2) is 42.6 Å². The smallest absolute Gasteiger partial charge is 0.261 e. The molecule has 1 aromatic carbocycles. The van der Waals surface area contributed by atoms with Crippen molar-refractivity contribution >= 4 is 11.6 Å². The molecule has 0 saturated heterocycles. The SMILES string of the molecule is CCOc1ncccc1C(=O)Nc1ccc(C(C)CC)cc1. The molecule has 0 spiro atoms. The number of amides is 1. The van der Waals surface area contributed by atoms with E-state index in [0.717, 1.165) is 12.1 Å². The minimum absolute atomic E-state index is 0.215. The van der Waals surface area contributed by atoms with Crippen LogP contribution in [0.3, 0.4) is 0 Å². The maximum atomic E-state index is 12.4. The van der Waals surface area contributed by atoms with Crippen LogP contribution in [0.1, 0.15) is 49.0 Å². The van der Waals surface area contributed by atoms with Crippen LogP contribution in [0.4, 0.5) is 5.69 Å². The molecule has 0 bridgehead atoms. The molecule has 1 N–H and O–H groups in total. The molecule has 116 valence electrons. The molecular formula is C18H22N2O2. The summed E-state index contributed by atoms with van der Waals surface area (Å²) >= 11 is 0. The van der Waals surface area contributed by atoms with Crippen LogP contribution < -0.4 is 10.1 Å². The van der Waals surface area contributed by atoms with Crippen molar-refractivity contribution in [2.24, 2.45) is 0 Å². The number of ether oxygens (including phenoxy) is 1. The van der Waals surface area contributed by atoms with E-state index in [2.05, 4.69) is 36.3 Å². The number of benzene rings is 1. The topological polar surface area (TPSA) is 51.2 Å². The fraction of sp³-hybridized carbons (Fsp3) is 0.333.